The van der Waals surface area contributed by atoms with Gasteiger partial charge in [-0.15, -0.1) is 0 Å². The quantitative estimate of drug-likeness (QED) is 0.812. The average molecular weight is 339 g/mol. The lowest BCUT2D eigenvalue weighted by atomic mass is 9.78. The highest BCUT2D eigenvalue weighted by atomic mass is 16.4. The van der Waals surface area contributed by atoms with E-state index in [1.807, 2.05) is 57.2 Å². The molecule has 2 aromatic carbocycles. The lowest BCUT2D eigenvalue weighted by Gasteiger charge is -2.29. The minimum Gasteiger partial charge on any atom is -0.481 e. The van der Waals surface area contributed by atoms with Crippen molar-refractivity contribution in [2.24, 2.45) is 0 Å². The van der Waals surface area contributed by atoms with Crippen LogP contribution in [0.5, 0.6) is 0 Å². The number of hydrogen-bond donors (Lipinski definition) is 2. The first-order valence-corrected chi connectivity index (χ1v) is 8.51. The van der Waals surface area contributed by atoms with E-state index in [4.69, 9.17) is 0 Å². The average Bonchev–Trinajstić information content (AvgIpc) is 2.60. The van der Waals surface area contributed by atoms with Gasteiger partial charge in [0, 0.05) is 6.54 Å². The van der Waals surface area contributed by atoms with E-state index in [2.05, 4.69) is 5.32 Å². The zero-order valence-electron chi connectivity index (χ0n) is 15.0. The van der Waals surface area contributed by atoms with E-state index in [9.17, 15) is 14.7 Å². The number of amides is 1. The highest BCUT2D eigenvalue weighted by molar-refractivity contribution is 5.84. The number of carbonyl (C=O) groups excluding carboxylic acids is 1. The van der Waals surface area contributed by atoms with E-state index in [0.717, 1.165) is 16.7 Å². The summed E-state index contributed by atoms with van der Waals surface area (Å²) in [5.41, 5.74) is 2.73. The van der Waals surface area contributed by atoms with Gasteiger partial charge in [0.1, 0.15) is 5.41 Å². The Bertz CT molecular complexity index is 735. The molecule has 1 unspecified atom stereocenters. The topological polar surface area (TPSA) is 66.4 Å². The lowest BCUT2D eigenvalue weighted by Crippen LogP contribution is -2.46. The van der Waals surface area contributed by atoms with Crippen LogP contribution in [0.15, 0.2) is 48.5 Å². The Kier molecular flexibility index (Phi) is 5.97. The maximum Gasteiger partial charge on any atom is 0.315 e. The van der Waals surface area contributed by atoms with Crippen molar-refractivity contribution in [3.8, 4) is 0 Å². The van der Waals surface area contributed by atoms with Crippen LogP contribution in [-0.2, 0) is 21.4 Å². The zero-order chi connectivity index (χ0) is 18.4. The molecule has 0 heterocycles. The highest BCUT2D eigenvalue weighted by Crippen LogP contribution is 2.28. The zero-order valence-corrected chi connectivity index (χ0v) is 15.0. The number of aryl methyl sites for hydroxylation is 2. The SMILES string of the molecule is CCC(CNC(=O)Cc1c(C)cccc1C)(C(=O)O)c1ccccc1. The predicted octanol–water partition coefficient (Wildman–Crippen LogP) is 3.39. The molecule has 1 atom stereocenters. The van der Waals surface area contributed by atoms with Crippen molar-refractivity contribution >= 4 is 11.9 Å². The van der Waals surface area contributed by atoms with Crippen LogP contribution in [0.4, 0.5) is 0 Å². The normalized spacial score (nSPS) is 13.1. The summed E-state index contributed by atoms with van der Waals surface area (Å²) in [6.45, 7) is 5.87. The molecule has 132 valence electrons. The lowest BCUT2D eigenvalue weighted by molar-refractivity contribution is -0.144. The van der Waals surface area contributed by atoms with E-state index >= 15 is 0 Å². The Hall–Kier alpha value is -2.62. The van der Waals surface area contributed by atoms with Crippen LogP contribution in [0.1, 0.15) is 35.6 Å². The molecule has 0 spiro atoms. The van der Waals surface area contributed by atoms with Crippen molar-refractivity contribution in [1.29, 1.82) is 0 Å². The van der Waals surface area contributed by atoms with Gasteiger partial charge < -0.3 is 10.4 Å². The number of hydrogen-bond acceptors (Lipinski definition) is 2. The van der Waals surface area contributed by atoms with E-state index in [-0.39, 0.29) is 18.9 Å². The second kappa shape index (κ2) is 7.97. The van der Waals surface area contributed by atoms with Crippen LogP contribution in [0.2, 0.25) is 0 Å². The second-order valence-electron chi connectivity index (χ2n) is 6.43. The molecular formula is C21H25NO3. The maximum atomic E-state index is 12.4. The van der Waals surface area contributed by atoms with Crippen LogP contribution >= 0.6 is 0 Å². The first-order valence-electron chi connectivity index (χ1n) is 8.51. The van der Waals surface area contributed by atoms with Crippen LogP contribution in [-0.4, -0.2) is 23.5 Å². The molecule has 2 aromatic rings. The Morgan fingerprint density at radius 1 is 1.00 bits per heavy atom. The smallest absolute Gasteiger partial charge is 0.315 e. The van der Waals surface area contributed by atoms with Gasteiger partial charge in [0.15, 0.2) is 0 Å². The van der Waals surface area contributed by atoms with E-state index in [0.29, 0.717) is 12.0 Å². The standard InChI is InChI=1S/C21H25NO3/c1-4-21(20(24)25,17-11-6-5-7-12-17)14-22-19(23)13-18-15(2)9-8-10-16(18)3/h5-12H,4,13-14H2,1-3H3,(H,22,23)(H,24,25). The number of nitrogens with one attached hydrogen (secondary N) is 1. The molecule has 2 rings (SSSR count). The van der Waals surface area contributed by atoms with Gasteiger partial charge in [-0.2, -0.15) is 0 Å². The van der Waals surface area contributed by atoms with Crippen molar-refractivity contribution in [2.75, 3.05) is 6.54 Å². The molecule has 1 amide bonds. The Morgan fingerprint density at radius 2 is 1.60 bits per heavy atom. The molecule has 0 fully saturated rings. The summed E-state index contributed by atoms with van der Waals surface area (Å²) >= 11 is 0. The molecule has 0 saturated carbocycles. The van der Waals surface area contributed by atoms with Gasteiger partial charge in [-0.1, -0.05) is 55.5 Å². The Morgan fingerprint density at radius 3 is 2.12 bits per heavy atom. The molecule has 0 aliphatic heterocycles. The van der Waals surface area contributed by atoms with Crippen LogP contribution < -0.4 is 5.32 Å². The third-order valence-corrected chi connectivity index (χ3v) is 4.91. The first-order chi connectivity index (χ1) is 11.9. The fourth-order valence-electron chi connectivity index (χ4n) is 3.14. The molecule has 0 radical (unpaired) electrons. The molecule has 0 saturated heterocycles. The number of benzene rings is 2. The highest BCUT2D eigenvalue weighted by Gasteiger charge is 2.38. The summed E-state index contributed by atoms with van der Waals surface area (Å²) < 4.78 is 0. The summed E-state index contributed by atoms with van der Waals surface area (Å²) in [4.78, 5) is 24.4. The largest absolute Gasteiger partial charge is 0.481 e. The number of carbonyl (C=O) groups is 2. The van der Waals surface area contributed by atoms with Crippen molar-refractivity contribution in [3.05, 3.63) is 70.8 Å². The van der Waals surface area contributed by atoms with Crippen molar-refractivity contribution < 1.29 is 14.7 Å². The molecule has 25 heavy (non-hydrogen) atoms. The van der Waals surface area contributed by atoms with E-state index in [1.165, 1.54) is 0 Å². The molecule has 0 aliphatic carbocycles. The summed E-state index contributed by atoms with van der Waals surface area (Å²) in [7, 11) is 0. The van der Waals surface area contributed by atoms with E-state index < -0.39 is 11.4 Å². The van der Waals surface area contributed by atoms with Crippen molar-refractivity contribution in [2.45, 2.75) is 39.0 Å². The van der Waals surface area contributed by atoms with E-state index in [1.54, 1.807) is 12.1 Å². The van der Waals surface area contributed by atoms with Gasteiger partial charge in [-0.05, 0) is 42.5 Å². The molecule has 2 N–H and O–H groups in total. The first kappa shape index (κ1) is 18.7. The number of carboxylic acid groups (broad SMARTS) is 1. The molecular weight excluding hydrogens is 314 g/mol. The van der Waals surface area contributed by atoms with Gasteiger partial charge >= 0.3 is 5.97 Å². The van der Waals surface area contributed by atoms with Crippen LogP contribution in [0.3, 0.4) is 0 Å². The van der Waals surface area contributed by atoms with Crippen molar-refractivity contribution in [1.82, 2.24) is 5.32 Å². The molecule has 4 heteroatoms. The van der Waals surface area contributed by atoms with Gasteiger partial charge in [0.25, 0.3) is 0 Å². The Labute approximate surface area is 148 Å². The second-order valence-corrected chi connectivity index (χ2v) is 6.43. The third kappa shape index (κ3) is 4.08. The summed E-state index contributed by atoms with van der Waals surface area (Å²) in [5.74, 6) is -1.08. The minimum absolute atomic E-state index is 0.0760. The molecule has 0 aliphatic rings. The number of carboxylic acids is 1. The monoisotopic (exact) mass is 339 g/mol. The summed E-state index contributed by atoms with van der Waals surface area (Å²) in [6, 6.07) is 15.0. The minimum atomic E-state index is -1.11. The fourth-order valence-corrected chi connectivity index (χ4v) is 3.14. The van der Waals surface area contributed by atoms with Gasteiger partial charge in [0.2, 0.25) is 5.91 Å². The Balaban J connectivity index is 2.16. The van der Waals surface area contributed by atoms with Crippen molar-refractivity contribution in [3.63, 3.8) is 0 Å². The van der Waals surface area contributed by atoms with Crippen LogP contribution in [0, 0.1) is 13.8 Å². The van der Waals surface area contributed by atoms with Gasteiger partial charge in [0.05, 0.1) is 6.42 Å². The van der Waals surface area contributed by atoms with Gasteiger partial charge in [-0.25, -0.2) is 0 Å². The molecule has 4 nitrogen and oxygen atoms in total. The summed E-state index contributed by atoms with van der Waals surface area (Å²) in [6.07, 6.45) is 0.655. The molecule has 0 aromatic heterocycles. The number of rotatable bonds is 7. The third-order valence-electron chi connectivity index (χ3n) is 4.91. The molecule has 0 bridgehead atoms. The van der Waals surface area contributed by atoms with Gasteiger partial charge in [-0.3, -0.25) is 9.59 Å². The number of aliphatic carboxylic acids is 1. The fraction of sp³-hybridized carbons (Fsp3) is 0.333. The summed E-state index contributed by atoms with van der Waals surface area (Å²) in [5, 5.41) is 12.7. The maximum absolute atomic E-state index is 12.4. The predicted molar refractivity (Wildman–Crippen MR) is 98.7 cm³/mol. The van der Waals surface area contributed by atoms with Crippen LogP contribution in [0.25, 0.3) is 0 Å².